The monoisotopic (exact) mass is 623 g/mol. The first kappa shape index (κ1) is 30.5. The Morgan fingerprint density at radius 2 is 1.90 bits per heavy atom. The Balaban J connectivity index is 1.36. The number of nitrogens with zero attached hydrogens (tertiary/aromatic N) is 3. The topological polar surface area (TPSA) is 154 Å². The number of hydrogen-bond donors (Lipinski definition) is 1. The Morgan fingerprint density at radius 3 is 2.55 bits per heavy atom. The SMILES string of the molecule is CC(C)C1CC[C@H](C)CC1OC(=O)OCOC(=O)C1=C(c2cn3cnc(S(C)(=O)=O)c3s2)[C@H](C)[C@@H]2[C@@H]([C@@H](C)O)C(=O)N12. The molecule has 2 unspecified atom stereocenters. The van der Waals surface area contributed by atoms with E-state index < -0.39 is 52.7 Å². The van der Waals surface area contributed by atoms with E-state index in [-0.39, 0.29) is 28.7 Å². The molecular weight excluding hydrogens is 586 g/mol. The molecule has 4 heterocycles. The number of fused-ring (bicyclic) bond motifs is 2. The average molecular weight is 624 g/mol. The van der Waals surface area contributed by atoms with Crippen molar-refractivity contribution in [2.75, 3.05) is 13.0 Å². The molecule has 0 aromatic carbocycles. The van der Waals surface area contributed by atoms with Crippen molar-refractivity contribution in [2.24, 2.45) is 29.6 Å². The number of carbonyl (C=O) groups is 3. The second kappa shape index (κ2) is 11.3. The summed E-state index contributed by atoms with van der Waals surface area (Å²) >= 11 is 1.12. The largest absolute Gasteiger partial charge is 0.511 e. The minimum atomic E-state index is -3.61. The highest BCUT2D eigenvalue weighted by Crippen LogP contribution is 2.52. The number of esters is 1. The quantitative estimate of drug-likeness (QED) is 0.263. The molecule has 0 bridgehead atoms. The first-order chi connectivity index (χ1) is 19.7. The number of rotatable bonds is 8. The molecule has 0 spiro atoms. The molecule has 2 fully saturated rings. The first-order valence-electron chi connectivity index (χ1n) is 14.1. The smallest absolute Gasteiger partial charge is 0.431 e. The van der Waals surface area contributed by atoms with Crippen LogP contribution in [0, 0.1) is 29.6 Å². The van der Waals surface area contributed by atoms with Crippen LogP contribution in [0.5, 0.6) is 0 Å². The van der Waals surface area contributed by atoms with Gasteiger partial charge < -0.3 is 24.2 Å². The van der Waals surface area contributed by atoms with Gasteiger partial charge in [0.25, 0.3) is 0 Å². The predicted molar refractivity (Wildman–Crippen MR) is 152 cm³/mol. The molecule has 7 atom stereocenters. The van der Waals surface area contributed by atoms with Gasteiger partial charge in [0.15, 0.2) is 14.9 Å². The van der Waals surface area contributed by atoms with E-state index in [1.54, 1.807) is 10.6 Å². The van der Waals surface area contributed by atoms with Gasteiger partial charge >= 0.3 is 12.1 Å². The second-order valence-corrected chi connectivity index (χ2v) is 15.0. The molecule has 3 aliphatic rings. The molecule has 14 heteroatoms. The summed E-state index contributed by atoms with van der Waals surface area (Å²) in [6.45, 7) is 8.96. The summed E-state index contributed by atoms with van der Waals surface area (Å²) < 4.78 is 42.1. The van der Waals surface area contributed by atoms with Crippen molar-refractivity contribution in [3.05, 3.63) is 23.1 Å². The van der Waals surface area contributed by atoms with Crippen LogP contribution in [0.3, 0.4) is 0 Å². The minimum absolute atomic E-state index is 0.0225. The van der Waals surface area contributed by atoms with Crippen molar-refractivity contribution >= 4 is 49.6 Å². The lowest BCUT2D eigenvalue weighted by atomic mass is 9.75. The van der Waals surface area contributed by atoms with Crippen molar-refractivity contribution in [2.45, 2.75) is 77.2 Å². The van der Waals surface area contributed by atoms with Gasteiger partial charge in [-0.15, -0.1) is 11.3 Å². The molecule has 0 radical (unpaired) electrons. The summed E-state index contributed by atoms with van der Waals surface area (Å²) in [5.41, 5.74) is 0.457. The molecule has 1 N–H and O–H groups in total. The number of carbonyl (C=O) groups excluding carboxylic acids is 3. The van der Waals surface area contributed by atoms with E-state index in [1.807, 2.05) is 6.92 Å². The lowest BCUT2D eigenvalue weighted by molar-refractivity contribution is -0.167. The van der Waals surface area contributed by atoms with Crippen LogP contribution in [0.2, 0.25) is 0 Å². The van der Waals surface area contributed by atoms with Gasteiger partial charge in [-0.2, -0.15) is 0 Å². The summed E-state index contributed by atoms with van der Waals surface area (Å²) in [5.74, 6) is -1.41. The molecule has 1 saturated carbocycles. The number of thiazole rings is 1. The van der Waals surface area contributed by atoms with Gasteiger partial charge in [-0.25, -0.2) is 23.0 Å². The van der Waals surface area contributed by atoms with Crippen molar-refractivity contribution < 1.29 is 42.1 Å². The zero-order valence-electron chi connectivity index (χ0n) is 24.5. The normalized spacial score (nSPS) is 28.6. The van der Waals surface area contributed by atoms with E-state index in [0.29, 0.717) is 27.1 Å². The summed E-state index contributed by atoms with van der Waals surface area (Å²) in [7, 11) is -3.61. The van der Waals surface area contributed by atoms with Crippen LogP contribution >= 0.6 is 11.3 Å². The molecule has 2 aromatic rings. The zero-order valence-corrected chi connectivity index (χ0v) is 26.1. The Kier molecular flexibility index (Phi) is 8.18. The molecule has 230 valence electrons. The van der Waals surface area contributed by atoms with Gasteiger partial charge in [0.2, 0.25) is 12.7 Å². The molecule has 1 aliphatic carbocycles. The standard InChI is InChI=1S/C28H37N3O9S2/c1-13(2)17-8-7-14(3)9-18(17)40-28(35)39-12-38-27(34)23-20(15(4)22-21(16(5)32)25(33)31(22)23)19-10-30-11-29-24(26(30)41-19)42(6,36)37/h10-11,13-18,21-22,32H,7-9,12H2,1-6H3/t14-,15-,16+,17?,18?,21+,22+/m0/s1. The molecule has 2 aliphatic heterocycles. The van der Waals surface area contributed by atoms with Crippen molar-refractivity contribution in [3.8, 4) is 0 Å². The second-order valence-electron chi connectivity index (χ2n) is 12.1. The van der Waals surface area contributed by atoms with Crippen LogP contribution in [0.25, 0.3) is 10.4 Å². The number of β-lactam (4-membered cyclic amide) rings is 1. The molecule has 5 rings (SSSR count). The van der Waals surface area contributed by atoms with Crippen LogP contribution < -0.4 is 0 Å². The van der Waals surface area contributed by atoms with E-state index >= 15 is 0 Å². The highest BCUT2D eigenvalue weighted by Gasteiger charge is 2.60. The summed E-state index contributed by atoms with van der Waals surface area (Å²) in [6, 6.07) is -0.490. The number of aliphatic hydroxyl groups excluding tert-OH is 1. The Bertz CT molecular complexity index is 1540. The van der Waals surface area contributed by atoms with E-state index in [2.05, 4.69) is 25.8 Å². The maximum absolute atomic E-state index is 13.4. The number of amides is 1. The fourth-order valence-electron chi connectivity index (χ4n) is 6.65. The van der Waals surface area contributed by atoms with Gasteiger partial charge in [0.1, 0.15) is 23.0 Å². The molecule has 2 aromatic heterocycles. The molecule has 1 saturated heterocycles. The zero-order chi connectivity index (χ0) is 30.7. The number of hydrogen-bond acceptors (Lipinski definition) is 11. The van der Waals surface area contributed by atoms with E-state index in [0.717, 1.165) is 36.9 Å². The van der Waals surface area contributed by atoms with Crippen molar-refractivity contribution in [1.29, 1.82) is 0 Å². The van der Waals surface area contributed by atoms with Crippen LogP contribution in [-0.4, -0.2) is 77.1 Å². The van der Waals surface area contributed by atoms with Crippen LogP contribution in [-0.2, 0) is 33.6 Å². The number of imidazole rings is 1. The third-order valence-corrected chi connectivity index (χ3v) is 11.0. The van der Waals surface area contributed by atoms with E-state index in [1.165, 1.54) is 18.2 Å². The minimum Gasteiger partial charge on any atom is -0.431 e. The van der Waals surface area contributed by atoms with Crippen molar-refractivity contribution in [3.63, 3.8) is 0 Å². The third-order valence-electron chi connectivity index (χ3n) is 8.74. The summed E-state index contributed by atoms with van der Waals surface area (Å²) in [4.78, 5) is 45.3. The fraction of sp³-hybridized carbons (Fsp3) is 0.643. The summed E-state index contributed by atoms with van der Waals surface area (Å²) in [5, 5.41) is 10.2. The van der Waals surface area contributed by atoms with Gasteiger partial charge in [-0.3, -0.25) is 9.20 Å². The number of aliphatic hydroxyl groups is 1. The van der Waals surface area contributed by atoms with Crippen LogP contribution in [0.1, 0.15) is 58.8 Å². The van der Waals surface area contributed by atoms with Crippen molar-refractivity contribution in [1.82, 2.24) is 14.3 Å². The van der Waals surface area contributed by atoms with Crippen LogP contribution in [0.4, 0.5) is 4.79 Å². The number of aromatic nitrogens is 2. The number of sulfone groups is 1. The molecule has 1 amide bonds. The highest BCUT2D eigenvalue weighted by molar-refractivity contribution is 7.91. The maximum Gasteiger partial charge on any atom is 0.511 e. The lowest BCUT2D eigenvalue weighted by Gasteiger charge is -2.46. The number of ether oxygens (including phenoxy) is 3. The highest BCUT2D eigenvalue weighted by atomic mass is 32.2. The predicted octanol–water partition coefficient (Wildman–Crippen LogP) is 3.48. The van der Waals surface area contributed by atoms with Gasteiger partial charge in [-0.1, -0.05) is 34.1 Å². The average Bonchev–Trinajstić information content (AvgIpc) is 3.52. The maximum atomic E-state index is 13.4. The van der Waals surface area contributed by atoms with E-state index in [4.69, 9.17) is 14.2 Å². The van der Waals surface area contributed by atoms with Gasteiger partial charge in [0.05, 0.1) is 22.9 Å². The lowest BCUT2D eigenvalue weighted by Crippen LogP contribution is -2.63. The fourth-order valence-corrected chi connectivity index (χ4v) is 9.00. The third kappa shape index (κ3) is 5.32. The summed E-state index contributed by atoms with van der Waals surface area (Å²) in [6.07, 6.45) is 4.71. The Hall–Kier alpha value is -2.97. The molecule has 42 heavy (non-hydrogen) atoms. The first-order valence-corrected chi connectivity index (χ1v) is 16.8. The molecule has 12 nitrogen and oxygen atoms in total. The Labute approximate surface area is 248 Å². The van der Waals surface area contributed by atoms with Crippen LogP contribution in [0.15, 0.2) is 23.2 Å². The Morgan fingerprint density at radius 1 is 1.19 bits per heavy atom. The molecular formula is C28H37N3O9S2. The van der Waals surface area contributed by atoms with E-state index in [9.17, 15) is 27.9 Å². The van der Waals surface area contributed by atoms with Gasteiger partial charge in [-0.05, 0) is 37.5 Å². The van der Waals surface area contributed by atoms with Gasteiger partial charge in [0, 0.05) is 23.9 Å².